The normalized spacial score (nSPS) is 13.5. The molecule has 0 aromatic carbocycles. The molecule has 1 N–H and O–H groups in total. The number of imidazole rings is 1. The molecule has 3 heteroatoms. The molecule has 1 rings (SSSR count). The van der Waals surface area contributed by atoms with E-state index in [1.165, 1.54) is 5.82 Å². The number of hydrogen-bond acceptors (Lipinski definition) is 2. The fraction of sp³-hybridized carbons (Fsp3) is 0.727. The van der Waals surface area contributed by atoms with Crippen LogP contribution in [0, 0.1) is 0 Å². The van der Waals surface area contributed by atoms with E-state index < -0.39 is 0 Å². The predicted molar refractivity (Wildman–Crippen MR) is 59.5 cm³/mol. The lowest BCUT2D eigenvalue weighted by Gasteiger charge is -2.17. The monoisotopic (exact) mass is 195 g/mol. The minimum Gasteiger partial charge on any atom is -0.333 e. The first-order valence-corrected chi connectivity index (χ1v) is 5.37. The Kier molecular flexibility index (Phi) is 4.14. The molecule has 1 heterocycles. The summed E-state index contributed by atoms with van der Waals surface area (Å²) < 4.78 is 2.25. The SMILES string of the molecule is CCC(Cn1ccnc1C(C)C)NC. The minimum atomic E-state index is 0.499. The van der Waals surface area contributed by atoms with E-state index >= 15 is 0 Å². The second-order valence-electron chi connectivity index (χ2n) is 3.99. The van der Waals surface area contributed by atoms with Gasteiger partial charge in [-0.3, -0.25) is 0 Å². The van der Waals surface area contributed by atoms with Gasteiger partial charge in [0, 0.05) is 30.9 Å². The molecule has 0 aliphatic heterocycles. The van der Waals surface area contributed by atoms with Crippen LogP contribution in [0.5, 0.6) is 0 Å². The van der Waals surface area contributed by atoms with Crippen molar-refractivity contribution in [3.8, 4) is 0 Å². The third kappa shape index (κ3) is 2.58. The molecular weight excluding hydrogens is 174 g/mol. The van der Waals surface area contributed by atoms with Crippen molar-refractivity contribution in [3.63, 3.8) is 0 Å². The molecule has 0 saturated carbocycles. The number of hydrogen-bond donors (Lipinski definition) is 1. The van der Waals surface area contributed by atoms with Crippen LogP contribution in [0.4, 0.5) is 0 Å². The van der Waals surface area contributed by atoms with Crippen LogP contribution >= 0.6 is 0 Å². The zero-order valence-corrected chi connectivity index (χ0v) is 9.62. The van der Waals surface area contributed by atoms with Gasteiger partial charge in [0.05, 0.1) is 0 Å². The Morgan fingerprint density at radius 3 is 2.71 bits per heavy atom. The first kappa shape index (κ1) is 11.2. The van der Waals surface area contributed by atoms with Crippen LogP contribution in [0.25, 0.3) is 0 Å². The summed E-state index contributed by atoms with van der Waals surface area (Å²) in [6, 6.07) is 0.543. The Morgan fingerprint density at radius 2 is 2.21 bits per heavy atom. The van der Waals surface area contributed by atoms with Gasteiger partial charge in [-0.1, -0.05) is 20.8 Å². The molecule has 0 spiro atoms. The lowest BCUT2D eigenvalue weighted by Crippen LogP contribution is -2.29. The average Bonchev–Trinajstić information content (AvgIpc) is 2.62. The van der Waals surface area contributed by atoms with Crippen molar-refractivity contribution in [3.05, 3.63) is 18.2 Å². The Balaban J connectivity index is 2.70. The molecule has 1 aromatic rings. The molecule has 1 aromatic heterocycles. The molecule has 0 amide bonds. The first-order valence-electron chi connectivity index (χ1n) is 5.37. The molecule has 0 radical (unpaired) electrons. The standard InChI is InChI=1S/C11H21N3/c1-5-10(12-4)8-14-7-6-13-11(14)9(2)3/h6-7,9-10,12H,5,8H2,1-4H3. The zero-order valence-electron chi connectivity index (χ0n) is 9.62. The van der Waals surface area contributed by atoms with Crippen LogP contribution in [0.15, 0.2) is 12.4 Å². The quantitative estimate of drug-likeness (QED) is 0.779. The number of rotatable bonds is 5. The van der Waals surface area contributed by atoms with E-state index in [4.69, 9.17) is 0 Å². The lowest BCUT2D eigenvalue weighted by atomic mass is 10.2. The molecule has 14 heavy (non-hydrogen) atoms. The average molecular weight is 195 g/mol. The van der Waals surface area contributed by atoms with Crippen LogP contribution in [0.2, 0.25) is 0 Å². The van der Waals surface area contributed by atoms with E-state index in [0.717, 1.165) is 13.0 Å². The van der Waals surface area contributed by atoms with Crippen LogP contribution < -0.4 is 5.32 Å². The minimum absolute atomic E-state index is 0.499. The van der Waals surface area contributed by atoms with Gasteiger partial charge >= 0.3 is 0 Å². The van der Waals surface area contributed by atoms with E-state index in [0.29, 0.717) is 12.0 Å². The molecule has 1 atom stereocenters. The molecule has 3 nitrogen and oxygen atoms in total. The maximum atomic E-state index is 4.37. The number of nitrogens with one attached hydrogen (secondary N) is 1. The molecule has 0 aliphatic carbocycles. The van der Waals surface area contributed by atoms with Gasteiger partial charge in [0.2, 0.25) is 0 Å². The zero-order chi connectivity index (χ0) is 10.6. The fourth-order valence-electron chi connectivity index (χ4n) is 1.64. The summed E-state index contributed by atoms with van der Waals surface area (Å²) in [4.78, 5) is 4.37. The van der Waals surface area contributed by atoms with Crippen LogP contribution in [0.3, 0.4) is 0 Å². The second-order valence-corrected chi connectivity index (χ2v) is 3.99. The van der Waals surface area contributed by atoms with E-state index in [1.807, 2.05) is 13.2 Å². The fourth-order valence-corrected chi connectivity index (χ4v) is 1.64. The number of aromatic nitrogens is 2. The summed E-state index contributed by atoms with van der Waals surface area (Å²) in [5, 5.41) is 3.31. The highest BCUT2D eigenvalue weighted by Gasteiger charge is 2.10. The number of likely N-dealkylation sites (N-methyl/N-ethyl adjacent to an activating group) is 1. The van der Waals surface area contributed by atoms with E-state index in [-0.39, 0.29) is 0 Å². The van der Waals surface area contributed by atoms with Crippen molar-refractivity contribution in [1.82, 2.24) is 14.9 Å². The van der Waals surface area contributed by atoms with Crippen LogP contribution in [-0.4, -0.2) is 22.6 Å². The molecule has 0 bridgehead atoms. The van der Waals surface area contributed by atoms with Gasteiger partial charge in [0.25, 0.3) is 0 Å². The van der Waals surface area contributed by atoms with Crippen LogP contribution in [0.1, 0.15) is 38.9 Å². The van der Waals surface area contributed by atoms with Crippen molar-refractivity contribution in [2.75, 3.05) is 7.05 Å². The van der Waals surface area contributed by atoms with Crippen molar-refractivity contribution in [2.24, 2.45) is 0 Å². The molecular formula is C11H21N3. The van der Waals surface area contributed by atoms with Crippen molar-refractivity contribution < 1.29 is 0 Å². The third-order valence-electron chi connectivity index (χ3n) is 2.58. The Labute approximate surface area is 86.5 Å². The van der Waals surface area contributed by atoms with Gasteiger partial charge < -0.3 is 9.88 Å². The summed E-state index contributed by atoms with van der Waals surface area (Å²) in [7, 11) is 2.01. The smallest absolute Gasteiger partial charge is 0.111 e. The van der Waals surface area contributed by atoms with Crippen LogP contribution in [-0.2, 0) is 6.54 Å². The van der Waals surface area contributed by atoms with Crippen molar-refractivity contribution >= 4 is 0 Å². The van der Waals surface area contributed by atoms with E-state index in [1.54, 1.807) is 0 Å². The van der Waals surface area contributed by atoms with Gasteiger partial charge in [0.15, 0.2) is 0 Å². The molecule has 0 saturated heterocycles. The highest BCUT2D eigenvalue weighted by Crippen LogP contribution is 2.12. The first-order chi connectivity index (χ1) is 6.69. The molecule has 80 valence electrons. The lowest BCUT2D eigenvalue weighted by molar-refractivity contribution is 0.454. The van der Waals surface area contributed by atoms with Crippen molar-refractivity contribution in [1.29, 1.82) is 0 Å². The topological polar surface area (TPSA) is 29.9 Å². The Hall–Kier alpha value is -0.830. The van der Waals surface area contributed by atoms with Gasteiger partial charge in [-0.25, -0.2) is 4.98 Å². The summed E-state index contributed by atoms with van der Waals surface area (Å²) in [6.45, 7) is 7.58. The van der Waals surface area contributed by atoms with Gasteiger partial charge in [-0.2, -0.15) is 0 Å². The van der Waals surface area contributed by atoms with E-state index in [2.05, 4.69) is 41.8 Å². The number of nitrogens with zero attached hydrogens (tertiary/aromatic N) is 2. The van der Waals surface area contributed by atoms with Gasteiger partial charge in [0.1, 0.15) is 5.82 Å². The van der Waals surface area contributed by atoms with Crippen molar-refractivity contribution in [2.45, 2.75) is 45.7 Å². The molecule has 1 unspecified atom stereocenters. The Morgan fingerprint density at radius 1 is 1.50 bits per heavy atom. The van der Waals surface area contributed by atoms with E-state index in [9.17, 15) is 0 Å². The Bertz CT molecular complexity index is 261. The maximum absolute atomic E-state index is 4.37. The van der Waals surface area contributed by atoms with Gasteiger partial charge in [-0.15, -0.1) is 0 Å². The molecule has 0 fully saturated rings. The summed E-state index contributed by atoms with van der Waals surface area (Å²) >= 11 is 0. The highest BCUT2D eigenvalue weighted by molar-refractivity contribution is 4.98. The predicted octanol–water partition coefficient (Wildman–Crippen LogP) is 2.00. The summed E-state index contributed by atoms with van der Waals surface area (Å²) in [5.41, 5.74) is 0. The largest absolute Gasteiger partial charge is 0.333 e. The summed E-state index contributed by atoms with van der Waals surface area (Å²) in [6.07, 6.45) is 5.10. The summed E-state index contributed by atoms with van der Waals surface area (Å²) in [5.74, 6) is 1.68. The maximum Gasteiger partial charge on any atom is 0.111 e. The van der Waals surface area contributed by atoms with Gasteiger partial charge in [-0.05, 0) is 13.5 Å². The highest BCUT2D eigenvalue weighted by atomic mass is 15.1. The molecule has 0 aliphatic rings. The third-order valence-corrected chi connectivity index (χ3v) is 2.58. The second kappa shape index (κ2) is 5.15.